The number of hydrogen-bond donors (Lipinski definition) is 1. The quantitative estimate of drug-likeness (QED) is 0.326. The van der Waals surface area contributed by atoms with Crippen LogP contribution in [0.1, 0.15) is 48.1 Å². The van der Waals surface area contributed by atoms with E-state index in [1.807, 2.05) is 68.4 Å². The minimum absolute atomic E-state index is 0.0191. The van der Waals surface area contributed by atoms with Crippen molar-refractivity contribution in [2.45, 2.75) is 64.9 Å². The molecule has 0 bridgehead atoms. The Balaban J connectivity index is 1.85. The maximum atomic E-state index is 13.7. The highest BCUT2D eigenvalue weighted by Gasteiger charge is 2.30. The molecule has 0 aromatic heterocycles. The molecule has 0 saturated carbocycles. The molecule has 0 unspecified atom stereocenters. The van der Waals surface area contributed by atoms with Gasteiger partial charge < -0.3 is 10.2 Å². The Morgan fingerprint density at radius 1 is 0.861 bits per heavy atom. The van der Waals surface area contributed by atoms with Gasteiger partial charge >= 0.3 is 0 Å². The van der Waals surface area contributed by atoms with Crippen molar-refractivity contribution in [3.8, 4) is 0 Å². The number of nitrogens with one attached hydrogen (secondary N) is 1. The van der Waals surface area contributed by atoms with Crippen LogP contribution in [-0.2, 0) is 28.3 Å². The number of thioether (sulfide) groups is 1. The van der Waals surface area contributed by atoms with E-state index in [1.165, 1.54) is 11.1 Å². The second kappa shape index (κ2) is 13.9. The van der Waals surface area contributed by atoms with Crippen LogP contribution in [0.25, 0.3) is 0 Å². The Labute approximate surface area is 220 Å². The molecule has 1 N–H and O–H groups in total. The zero-order valence-electron chi connectivity index (χ0n) is 21.9. The summed E-state index contributed by atoms with van der Waals surface area (Å²) in [6.45, 7) is 8.57. The SMILES string of the molecule is CC[C@@H](C)NC(=O)[C@@H](Cc1ccccc1)N(Cc1cccc(C)c1)C(=O)CSCc1cccc(C)c1. The number of carbonyl (C=O) groups is 2. The predicted molar refractivity (Wildman–Crippen MR) is 151 cm³/mol. The van der Waals surface area contributed by atoms with Gasteiger partial charge in [0.05, 0.1) is 5.75 Å². The summed E-state index contributed by atoms with van der Waals surface area (Å²) in [6, 6.07) is 25.9. The van der Waals surface area contributed by atoms with Crippen molar-refractivity contribution in [3.63, 3.8) is 0 Å². The Hall–Kier alpha value is -3.05. The number of aryl methyl sites for hydroxylation is 2. The van der Waals surface area contributed by atoms with Gasteiger partial charge in [0, 0.05) is 24.8 Å². The number of carbonyl (C=O) groups excluding carboxylic acids is 2. The lowest BCUT2D eigenvalue weighted by atomic mass is 10.0. The van der Waals surface area contributed by atoms with E-state index in [1.54, 1.807) is 16.7 Å². The first-order valence-corrected chi connectivity index (χ1v) is 13.8. The molecule has 36 heavy (non-hydrogen) atoms. The van der Waals surface area contributed by atoms with E-state index in [4.69, 9.17) is 0 Å². The van der Waals surface area contributed by atoms with E-state index in [9.17, 15) is 9.59 Å². The highest BCUT2D eigenvalue weighted by molar-refractivity contribution is 7.99. The fourth-order valence-corrected chi connectivity index (χ4v) is 5.00. The fraction of sp³-hybridized carbons (Fsp3) is 0.355. The van der Waals surface area contributed by atoms with Crippen molar-refractivity contribution in [2.24, 2.45) is 0 Å². The van der Waals surface area contributed by atoms with Crippen LogP contribution in [0.15, 0.2) is 78.9 Å². The third-order valence-electron chi connectivity index (χ3n) is 6.28. The van der Waals surface area contributed by atoms with Crippen LogP contribution in [0.2, 0.25) is 0 Å². The summed E-state index contributed by atoms with van der Waals surface area (Å²) < 4.78 is 0. The highest BCUT2D eigenvalue weighted by Crippen LogP contribution is 2.19. The van der Waals surface area contributed by atoms with Crippen molar-refractivity contribution in [2.75, 3.05) is 5.75 Å². The number of nitrogens with zero attached hydrogens (tertiary/aromatic N) is 1. The lowest BCUT2D eigenvalue weighted by molar-refractivity contribution is -0.139. The zero-order chi connectivity index (χ0) is 25.9. The molecule has 3 aromatic carbocycles. The Morgan fingerprint density at radius 2 is 1.47 bits per heavy atom. The molecule has 3 aromatic rings. The van der Waals surface area contributed by atoms with Crippen molar-refractivity contribution in [3.05, 3.63) is 107 Å². The van der Waals surface area contributed by atoms with Crippen LogP contribution in [0, 0.1) is 13.8 Å². The van der Waals surface area contributed by atoms with Gasteiger partial charge in [-0.1, -0.05) is 96.9 Å². The molecule has 190 valence electrons. The molecule has 0 aliphatic rings. The number of hydrogen-bond acceptors (Lipinski definition) is 3. The smallest absolute Gasteiger partial charge is 0.243 e. The average molecular weight is 503 g/mol. The first-order valence-electron chi connectivity index (χ1n) is 12.7. The Bertz CT molecular complexity index is 1130. The molecular weight excluding hydrogens is 464 g/mol. The summed E-state index contributed by atoms with van der Waals surface area (Å²) in [5.74, 6) is 0.961. The molecule has 0 saturated heterocycles. The van der Waals surface area contributed by atoms with Gasteiger partial charge in [-0.2, -0.15) is 0 Å². The van der Waals surface area contributed by atoms with Crippen LogP contribution < -0.4 is 5.32 Å². The van der Waals surface area contributed by atoms with Gasteiger partial charge in [0.25, 0.3) is 0 Å². The van der Waals surface area contributed by atoms with E-state index in [0.29, 0.717) is 18.7 Å². The van der Waals surface area contributed by atoms with Crippen molar-refractivity contribution >= 4 is 23.6 Å². The Kier molecular flexibility index (Phi) is 10.6. The third kappa shape index (κ3) is 8.56. The monoisotopic (exact) mass is 502 g/mol. The molecule has 0 aliphatic heterocycles. The molecule has 2 amide bonds. The summed E-state index contributed by atoms with van der Waals surface area (Å²) in [4.78, 5) is 29.0. The second-order valence-corrected chi connectivity index (χ2v) is 10.5. The predicted octanol–water partition coefficient (Wildman–Crippen LogP) is 6.09. The summed E-state index contributed by atoms with van der Waals surface area (Å²) >= 11 is 1.60. The van der Waals surface area contributed by atoms with Crippen LogP contribution in [-0.4, -0.2) is 34.6 Å². The van der Waals surface area contributed by atoms with E-state index in [0.717, 1.165) is 28.9 Å². The van der Waals surface area contributed by atoms with E-state index in [-0.39, 0.29) is 17.9 Å². The van der Waals surface area contributed by atoms with Gasteiger partial charge in [-0.05, 0) is 43.9 Å². The molecule has 0 radical (unpaired) electrons. The van der Waals surface area contributed by atoms with Gasteiger partial charge in [-0.15, -0.1) is 11.8 Å². The second-order valence-electron chi connectivity index (χ2n) is 9.52. The van der Waals surface area contributed by atoms with Crippen LogP contribution in [0.5, 0.6) is 0 Å². The highest BCUT2D eigenvalue weighted by atomic mass is 32.2. The summed E-state index contributed by atoms with van der Waals surface area (Å²) in [5.41, 5.74) is 5.62. The zero-order valence-corrected chi connectivity index (χ0v) is 22.7. The summed E-state index contributed by atoms with van der Waals surface area (Å²) in [7, 11) is 0. The summed E-state index contributed by atoms with van der Waals surface area (Å²) in [5, 5.41) is 3.13. The number of amides is 2. The van der Waals surface area contributed by atoms with E-state index < -0.39 is 6.04 Å². The number of benzene rings is 3. The fourth-order valence-electron chi connectivity index (χ4n) is 4.14. The molecule has 0 aliphatic carbocycles. The molecular formula is C31H38N2O2S. The van der Waals surface area contributed by atoms with Crippen LogP contribution >= 0.6 is 11.8 Å². The first kappa shape index (κ1) is 27.5. The number of rotatable bonds is 12. The third-order valence-corrected chi connectivity index (χ3v) is 7.27. The topological polar surface area (TPSA) is 49.4 Å². The minimum atomic E-state index is -0.589. The van der Waals surface area contributed by atoms with Crippen molar-refractivity contribution in [1.29, 1.82) is 0 Å². The lowest BCUT2D eigenvalue weighted by Crippen LogP contribution is -2.52. The Morgan fingerprint density at radius 3 is 2.11 bits per heavy atom. The van der Waals surface area contributed by atoms with Crippen LogP contribution in [0.3, 0.4) is 0 Å². The van der Waals surface area contributed by atoms with E-state index >= 15 is 0 Å². The largest absolute Gasteiger partial charge is 0.352 e. The van der Waals surface area contributed by atoms with Gasteiger partial charge in [0.1, 0.15) is 6.04 Å². The van der Waals surface area contributed by atoms with Gasteiger partial charge in [-0.25, -0.2) is 0 Å². The van der Waals surface area contributed by atoms with Gasteiger partial charge in [-0.3, -0.25) is 9.59 Å². The molecule has 3 rings (SSSR count). The molecule has 0 heterocycles. The standard InChI is InChI=1S/C31H38N2O2S/c1-5-25(4)32-31(35)29(19-26-13-7-6-8-14-26)33(20-27-15-9-11-23(2)17-27)30(34)22-36-21-28-16-10-12-24(3)18-28/h6-18,25,29H,5,19-22H2,1-4H3,(H,32,35)/t25-,29-/m1/s1. The van der Waals surface area contributed by atoms with Crippen molar-refractivity contribution < 1.29 is 9.59 Å². The molecule has 0 fully saturated rings. The van der Waals surface area contributed by atoms with Crippen LogP contribution in [0.4, 0.5) is 0 Å². The van der Waals surface area contributed by atoms with Gasteiger partial charge in [0.2, 0.25) is 11.8 Å². The molecule has 4 nitrogen and oxygen atoms in total. The molecule has 0 spiro atoms. The minimum Gasteiger partial charge on any atom is -0.352 e. The normalized spacial score (nSPS) is 12.6. The maximum absolute atomic E-state index is 13.7. The van der Waals surface area contributed by atoms with E-state index in [2.05, 4.69) is 43.4 Å². The molecule has 5 heteroatoms. The van der Waals surface area contributed by atoms with Gasteiger partial charge in [0.15, 0.2) is 0 Å². The first-order chi connectivity index (χ1) is 17.4. The maximum Gasteiger partial charge on any atom is 0.243 e. The lowest BCUT2D eigenvalue weighted by Gasteiger charge is -2.32. The molecule has 2 atom stereocenters. The summed E-state index contributed by atoms with van der Waals surface area (Å²) in [6.07, 6.45) is 1.31. The average Bonchev–Trinajstić information content (AvgIpc) is 2.86. The van der Waals surface area contributed by atoms with Crippen molar-refractivity contribution in [1.82, 2.24) is 10.2 Å².